The second-order valence-corrected chi connectivity index (χ2v) is 12.6. The Hall–Kier alpha value is -4.32. The number of nitrogens with zero attached hydrogens (tertiary/aromatic N) is 5. The number of anilines is 1. The number of hydrogen-bond acceptors (Lipinski definition) is 5. The van der Waals surface area contributed by atoms with Crippen LogP contribution in [0.1, 0.15) is 56.6 Å². The van der Waals surface area contributed by atoms with Crippen molar-refractivity contribution in [3.05, 3.63) is 90.3 Å². The second kappa shape index (κ2) is 13.6. The Morgan fingerprint density at radius 1 is 1.04 bits per heavy atom. The molecule has 0 radical (unpaired) electrons. The lowest BCUT2D eigenvalue weighted by atomic mass is 9.93. The fraction of sp³-hybridized carbons (Fsp3) is 0.353. The van der Waals surface area contributed by atoms with Gasteiger partial charge in [0, 0.05) is 35.0 Å². The van der Waals surface area contributed by atoms with Crippen LogP contribution in [0.15, 0.2) is 84.1 Å². The van der Waals surface area contributed by atoms with E-state index >= 15 is 0 Å². The molecule has 2 heterocycles. The number of aromatic nitrogens is 3. The van der Waals surface area contributed by atoms with Crippen LogP contribution in [0.4, 0.5) is 23.7 Å². The van der Waals surface area contributed by atoms with Gasteiger partial charge in [0.15, 0.2) is 11.0 Å². The zero-order valence-electron chi connectivity index (χ0n) is 25.6. The molecule has 2 aliphatic rings. The van der Waals surface area contributed by atoms with Crippen molar-refractivity contribution in [1.82, 2.24) is 20.1 Å². The van der Waals surface area contributed by atoms with Crippen molar-refractivity contribution in [2.75, 3.05) is 10.7 Å². The number of hydrogen-bond donors (Lipinski definition) is 1. The van der Waals surface area contributed by atoms with Gasteiger partial charge in [0.2, 0.25) is 0 Å². The number of amides is 2. The Labute approximate surface area is 270 Å². The van der Waals surface area contributed by atoms with Crippen molar-refractivity contribution in [3.8, 4) is 22.8 Å². The van der Waals surface area contributed by atoms with Crippen molar-refractivity contribution in [1.29, 1.82) is 0 Å². The molecule has 0 bridgehead atoms. The van der Waals surface area contributed by atoms with Crippen LogP contribution in [-0.4, -0.2) is 50.2 Å². The van der Waals surface area contributed by atoms with Crippen molar-refractivity contribution < 1.29 is 22.7 Å². The van der Waals surface area contributed by atoms with E-state index in [1.807, 2.05) is 36.4 Å². The van der Waals surface area contributed by atoms with Gasteiger partial charge in [0.1, 0.15) is 12.1 Å². The molecule has 1 aliphatic carbocycles. The van der Waals surface area contributed by atoms with Gasteiger partial charge in [0.25, 0.3) is 0 Å². The quantitative estimate of drug-likeness (QED) is 0.218. The van der Waals surface area contributed by atoms with E-state index in [-0.39, 0.29) is 29.8 Å². The third-order valence-corrected chi connectivity index (χ3v) is 9.48. The number of alkyl halides is 3. The summed E-state index contributed by atoms with van der Waals surface area (Å²) in [4.78, 5) is 24.5. The zero-order valence-corrected chi connectivity index (χ0v) is 26.4. The molecule has 3 atom stereocenters. The van der Waals surface area contributed by atoms with E-state index in [0.29, 0.717) is 11.5 Å². The highest BCUT2D eigenvalue weighted by Gasteiger charge is 2.32. The standard InChI is InChI=1S/C34H35F3N6O2S/c1-3-23-7-4-5-10-30(23)43-22(2)19-20-46-33(43)40-32(44)39-29-9-6-8-28(29)24-11-13-25(14-12-24)31-38-21-42(41-31)26-15-17-27(18-16-26)45-34(35,36)37/h4-5,7,10-18,21-22,28-29H,3,6,8-9,19-20H2,1-2H3,(H,39,44)/b40-33-. The van der Waals surface area contributed by atoms with E-state index in [1.165, 1.54) is 40.8 Å². The van der Waals surface area contributed by atoms with E-state index in [0.717, 1.165) is 59.8 Å². The number of rotatable bonds is 7. The van der Waals surface area contributed by atoms with Crippen LogP contribution in [0.5, 0.6) is 5.75 Å². The molecule has 8 nitrogen and oxygen atoms in total. The van der Waals surface area contributed by atoms with E-state index in [9.17, 15) is 18.0 Å². The minimum absolute atomic E-state index is 0.0216. The lowest BCUT2D eigenvalue weighted by molar-refractivity contribution is -0.274. The number of carbonyl (C=O) groups excluding carboxylic acids is 1. The third kappa shape index (κ3) is 7.22. The molecule has 3 unspecified atom stereocenters. The number of aliphatic imine (C=N–C) groups is 1. The number of amidine groups is 1. The highest BCUT2D eigenvalue weighted by Crippen LogP contribution is 2.36. The summed E-state index contributed by atoms with van der Waals surface area (Å²) in [6.07, 6.45) is 1.55. The van der Waals surface area contributed by atoms with Crippen LogP contribution in [-0.2, 0) is 6.42 Å². The van der Waals surface area contributed by atoms with Crippen LogP contribution in [0.2, 0.25) is 0 Å². The first-order chi connectivity index (χ1) is 22.2. The minimum Gasteiger partial charge on any atom is -0.406 e. The predicted molar refractivity (Wildman–Crippen MR) is 175 cm³/mol. The van der Waals surface area contributed by atoms with Gasteiger partial charge in [-0.05, 0) is 74.1 Å². The van der Waals surface area contributed by atoms with Crippen LogP contribution in [0.25, 0.3) is 17.1 Å². The lowest BCUT2D eigenvalue weighted by Crippen LogP contribution is -2.43. The van der Waals surface area contributed by atoms with Gasteiger partial charge < -0.3 is 15.0 Å². The smallest absolute Gasteiger partial charge is 0.406 e. The maximum Gasteiger partial charge on any atom is 0.573 e. The van der Waals surface area contributed by atoms with Crippen LogP contribution >= 0.6 is 11.8 Å². The molecule has 0 spiro atoms. The van der Waals surface area contributed by atoms with Crippen molar-refractivity contribution in [2.24, 2.45) is 4.99 Å². The summed E-state index contributed by atoms with van der Waals surface area (Å²) in [5.41, 5.74) is 4.83. The first-order valence-corrected chi connectivity index (χ1v) is 16.4. The summed E-state index contributed by atoms with van der Waals surface area (Å²) < 4.78 is 42.8. The maximum atomic E-state index is 13.3. The molecular weight excluding hydrogens is 613 g/mol. The molecule has 1 saturated carbocycles. The average Bonchev–Trinajstić information content (AvgIpc) is 3.71. The number of halogens is 3. The predicted octanol–water partition coefficient (Wildman–Crippen LogP) is 8.13. The number of nitrogens with one attached hydrogen (secondary N) is 1. The molecular formula is C34H35F3N6O2S. The first kappa shape index (κ1) is 31.7. The Kier molecular flexibility index (Phi) is 9.34. The highest BCUT2D eigenvalue weighted by atomic mass is 32.2. The molecule has 1 N–H and O–H groups in total. The topological polar surface area (TPSA) is 84.6 Å². The van der Waals surface area contributed by atoms with Gasteiger partial charge in [-0.15, -0.1) is 18.3 Å². The molecule has 1 aliphatic heterocycles. The molecule has 12 heteroatoms. The summed E-state index contributed by atoms with van der Waals surface area (Å²) in [5.74, 6) is 1.27. The summed E-state index contributed by atoms with van der Waals surface area (Å²) in [6, 6.07) is 21.7. The molecule has 4 aromatic rings. The Morgan fingerprint density at radius 3 is 2.54 bits per heavy atom. The molecule has 6 rings (SSSR count). The molecule has 240 valence electrons. The number of aryl methyl sites for hydroxylation is 1. The van der Waals surface area contributed by atoms with Crippen molar-refractivity contribution >= 4 is 28.6 Å². The number of para-hydroxylation sites is 1. The van der Waals surface area contributed by atoms with Gasteiger partial charge in [0.05, 0.1) is 5.69 Å². The van der Waals surface area contributed by atoms with E-state index in [1.54, 1.807) is 11.8 Å². The maximum absolute atomic E-state index is 13.3. The van der Waals surface area contributed by atoms with Crippen molar-refractivity contribution in [2.45, 2.75) is 70.3 Å². The van der Waals surface area contributed by atoms with Crippen LogP contribution < -0.4 is 15.0 Å². The van der Waals surface area contributed by atoms with E-state index in [2.05, 4.69) is 56.0 Å². The van der Waals surface area contributed by atoms with Gasteiger partial charge in [-0.2, -0.15) is 4.99 Å². The zero-order chi connectivity index (χ0) is 32.3. The number of carbonyl (C=O) groups is 1. The summed E-state index contributed by atoms with van der Waals surface area (Å²) in [7, 11) is 0. The van der Waals surface area contributed by atoms with Crippen LogP contribution in [0, 0.1) is 0 Å². The van der Waals surface area contributed by atoms with Crippen molar-refractivity contribution in [3.63, 3.8) is 0 Å². The first-order valence-electron chi connectivity index (χ1n) is 15.5. The third-order valence-electron chi connectivity index (χ3n) is 8.49. The average molecular weight is 649 g/mol. The lowest BCUT2D eigenvalue weighted by Gasteiger charge is -2.36. The molecule has 1 aromatic heterocycles. The SMILES string of the molecule is CCc1ccccc1N1/C(=N/C(=O)NC2CCCC2c2ccc(-c3ncn(-c4ccc(OC(F)(F)F)cc4)n3)cc2)SCCC1C. The normalized spacial score (nSPS) is 21.0. The number of thioether (sulfide) groups is 1. The van der Waals surface area contributed by atoms with Gasteiger partial charge in [-0.1, -0.05) is 67.6 Å². The van der Waals surface area contributed by atoms with E-state index < -0.39 is 6.36 Å². The molecule has 2 amide bonds. The fourth-order valence-electron chi connectivity index (χ4n) is 6.19. The summed E-state index contributed by atoms with van der Waals surface area (Å²) in [5, 5.41) is 8.45. The number of benzene rings is 3. The minimum atomic E-state index is -4.75. The monoisotopic (exact) mass is 648 g/mol. The largest absolute Gasteiger partial charge is 0.573 e. The Morgan fingerprint density at radius 2 is 1.80 bits per heavy atom. The van der Waals surface area contributed by atoms with Gasteiger partial charge in [-0.3, -0.25) is 0 Å². The van der Waals surface area contributed by atoms with Gasteiger partial charge >= 0.3 is 12.4 Å². The summed E-state index contributed by atoms with van der Waals surface area (Å²) in [6.45, 7) is 4.33. The molecule has 46 heavy (non-hydrogen) atoms. The molecule has 3 aromatic carbocycles. The Bertz CT molecular complexity index is 1690. The second-order valence-electron chi connectivity index (χ2n) is 11.5. The van der Waals surface area contributed by atoms with Crippen LogP contribution in [0.3, 0.4) is 0 Å². The highest BCUT2D eigenvalue weighted by molar-refractivity contribution is 8.14. The Balaban J connectivity index is 1.12. The van der Waals surface area contributed by atoms with E-state index in [4.69, 9.17) is 0 Å². The summed E-state index contributed by atoms with van der Waals surface area (Å²) >= 11 is 1.63. The van der Waals surface area contributed by atoms with Gasteiger partial charge in [-0.25, -0.2) is 14.5 Å². The number of ether oxygens (including phenoxy) is 1. The number of urea groups is 1. The molecule has 1 saturated heterocycles. The fourth-order valence-corrected chi connectivity index (χ4v) is 7.39. The molecule has 2 fully saturated rings.